The fourth-order valence-electron chi connectivity index (χ4n) is 2.57. The molecule has 16 heavy (non-hydrogen) atoms. The van der Waals surface area contributed by atoms with Gasteiger partial charge in [0.25, 0.3) is 0 Å². The quantitative estimate of drug-likeness (QED) is 0.765. The molecule has 1 aromatic carbocycles. The highest BCUT2D eigenvalue weighted by Gasteiger charge is 2.25. The van der Waals surface area contributed by atoms with Crippen molar-refractivity contribution >= 4 is 0 Å². The Bertz CT molecular complexity index is 476. The van der Waals surface area contributed by atoms with Gasteiger partial charge in [0, 0.05) is 12.5 Å². The van der Waals surface area contributed by atoms with Crippen molar-refractivity contribution in [3.8, 4) is 0 Å². The predicted molar refractivity (Wildman–Crippen MR) is 62.3 cm³/mol. The van der Waals surface area contributed by atoms with Crippen molar-refractivity contribution in [2.45, 2.75) is 32.2 Å². The molecule has 0 fully saturated rings. The number of nitrogens with zero attached hydrogens (tertiary/aromatic N) is 3. The average molecular weight is 213 g/mol. The Morgan fingerprint density at radius 3 is 2.56 bits per heavy atom. The van der Waals surface area contributed by atoms with Gasteiger partial charge >= 0.3 is 0 Å². The van der Waals surface area contributed by atoms with Crippen LogP contribution in [-0.2, 0) is 19.4 Å². The molecule has 1 aliphatic rings. The Morgan fingerprint density at radius 1 is 1.25 bits per heavy atom. The molecule has 3 heteroatoms. The van der Waals surface area contributed by atoms with E-state index < -0.39 is 0 Å². The molecule has 0 unspecified atom stereocenters. The second-order valence-electron chi connectivity index (χ2n) is 4.35. The van der Waals surface area contributed by atoms with Crippen LogP contribution < -0.4 is 0 Å². The lowest BCUT2D eigenvalue weighted by Gasteiger charge is -2.09. The first kappa shape index (κ1) is 9.58. The van der Waals surface area contributed by atoms with E-state index in [0.29, 0.717) is 5.92 Å². The number of fused-ring (bicyclic) bond motifs is 1. The van der Waals surface area contributed by atoms with Crippen molar-refractivity contribution in [3.63, 3.8) is 0 Å². The number of hydrogen-bond acceptors (Lipinski definition) is 2. The molecule has 1 aromatic heterocycles. The molecule has 82 valence electrons. The molecule has 0 bridgehead atoms. The maximum absolute atomic E-state index is 4.27. The molecule has 0 aliphatic heterocycles. The van der Waals surface area contributed by atoms with Crippen molar-refractivity contribution in [3.05, 3.63) is 47.5 Å². The smallest absolute Gasteiger partial charge is 0.136 e. The lowest BCUT2D eigenvalue weighted by atomic mass is 10.1. The summed E-state index contributed by atoms with van der Waals surface area (Å²) in [5.41, 5.74) is 2.94. The predicted octanol–water partition coefficient (Wildman–Crippen LogP) is 2.18. The molecule has 0 saturated carbocycles. The third-order valence-corrected chi connectivity index (χ3v) is 3.40. The van der Waals surface area contributed by atoms with Gasteiger partial charge in [-0.2, -0.15) is 0 Å². The standard InChI is InChI=1S/C13H15N3/c1-2-16-9-14-15-13(16)12-7-10-5-3-4-6-11(10)8-12/h3-6,9,12H,2,7-8H2,1H3. The Balaban J connectivity index is 1.91. The van der Waals surface area contributed by atoms with E-state index in [0.717, 1.165) is 25.2 Å². The Labute approximate surface area is 95.1 Å². The fraction of sp³-hybridized carbons (Fsp3) is 0.385. The van der Waals surface area contributed by atoms with Crippen molar-refractivity contribution in [2.75, 3.05) is 0 Å². The Kier molecular flexibility index (Phi) is 2.24. The summed E-state index contributed by atoms with van der Waals surface area (Å²) >= 11 is 0. The van der Waals surface area contributed by atoms with Gasteiger partial charge < -0.3 is 4.57 Å². The van der Waals surface area contributed by atoms with E-state index in [2.05, 4.69) is 46.0 Å². The zero-order valence-corrected chi connectivity index (χ0v) is 9.43. The van der Waals surface area contributed by atoms with Crippen molar-refractivity contribution < 1.29 is 0 Å². The molecule has 3 nitrogen and oxygen atoms in total. The molecular weight excluding hydrogens is 198 g/mol. The minimum absolute atomic E-state index is 0.514. The van der Waals surface area contributed by atoms with Gasteiger partial charge in [0.15, 0.2) is 0 Å². The number of rotatable bonds is 2. The summed E-state index contributed by atoms with van der Waals surface area (Å²) in [6.45, 7) is 3.09. The zero-order chi connectivity index (χ0) is 11.0. The number of aryl methyl sites for hydroxylation is 1. The van der Waals surface area contributed by atoms with Gasteiger partial charge in [0.1, 0.15) is 12.2 Å². The van der Waals surface area contributed by atoms with Crippen molar-refractivity contribution in [1.29, 1.82) is 0 Å². The number of benzene rings is 1. The monoisotopic (exact) mass is 213 g/mol. The molecule has 0 amide bonds. The third-order valence-electron chi connectivity index (χ3n) is 3.40. The van der Waals surface area contributed by atoms with E-state index in [1.807, 2.05) is 6.33 Å². The van der Waals surface area contributed by atoms with Gasteiger partial charge in [0.05, 0.1) is 0 Å². The fourth-order valence-corrected chi connectivity index (χ4v) is 2.57. The second kappa shape index (κ2) is 3.74. The highest BCUT2D eigenvalue weighted by molar-refractivity contribution is 5.35. The third kappa shape index (κ3) is 1.43. The van der Waals surface area contributed by atoms with E-state index in [4.69, 9.17) is 0 Å². The normalized spacial score (nSPS) is 15.3. The largest absolute Gasteiger partial charge is 0.318 e. The van der Waals surface area contributed by atoms with Crippen LogP contribution in [0.5, 0.6) is 0 Å². The van der Waals surface area contributed by atoms with Crippen LogP contribution in [0.3, 0.4) is 0 Å². The summed E-state index contributed by atoms with van der Waals surface area (Å²) in [5.74, 6) is 1.65. The molecule has 0 radical (unpaired) electrons. The van der Waals surface area contributed by atoms with Gasteiger partial charge in [-0.1, -0.05) is 24.3 Å². The lowest BCUT2D eigenvalue weighted by molar-refractivity contribution is 0.607. The summed E-state index contributed by atoms with van der Waals surface area (Å²) in [7, 11) is 0. The Hall–Kier alpha value is -1.64. The molecule has 0 N–H and O–H groups in total. The highest BCUT2D eigenvalue weighted by Crippen LogP contribution is 2.32. The first-order chi connectivity index (χ1) is 7.88. The summed E-state index contributed by atoms with van der Waals surface area (Å²) in [4.78, 5) is 0. The van der Waals surface area contributed by atoms with Crippen LogP contribution in [0.1, 0.15) is 29.8 Å². The van der Waals surface area contributed by atoms with Gasteiger partial charge in [-0.3, -0.25) is 0 Å². The molecule has 3 rings (SSSR count). The SMILES string of the molecule is CCn1cnnc1C1Cc2ccccc2C1. The topological polar surface area (TPSA) is 30.7 Å². The minimum atomic E-state index is 0.514. The summed E-state index contributed by atoms with van der Waals surface area (Å²) in [6.07, 6.45) is 4.04. The van der Waals surface area contributed by atoms with Crippen LogP contribution in [0.15, 0.2) is 30.6 Å². The zero-order valence-electron chi connectivity index (χ0n) is 9.43. The van der Waals surface area contributed by atoms with E-state index in [9.17, 15) is 0 Å². The summed E-state index contributed by atoms with van der Waals surface area (Å²) < 4.78 is 2.15. The molecule has 0 saturated heterocycles. The van der Waals surface area contributed by atoms with Gasteiger partial charge in [0.2, 0.25) is 0 Å². The van der Waals surface area contributed by atoms with Crippen LogP contribution in [0, 0.1) is 0 Å². The average Bonchev–Trinajstić information content (AvgIpc) is 2.94. The van der Waals surface area contributed by atoms with Crippen LogP contribution in [0.4, 0.5) is 0 Å². The Morgan fingerprint density at radius 2 is 1.94 bits per heavy atom. The number of hydrogen-bond donors (Lipinski definition) is 0. The molecule has 0 spiro atoms. The molecule has 2 aromatic rings. The number of aromatic nitrogens is 3. The van der Waals surface area contributed by atoms with Crippen LogP contribution in [0.25, 0.3) is 0 Å². The highest BCUT2D eigenvalue weighted by atomic mass is 15.3. The van der Waals surface area contributed by atoms with Crippen LogP contribution >= 0.6 is 0 Å². The van der Waals surface area contributed by atoms with E-state index >= 15 is 0 Å². The van der Waals surface area contributed by atoms with E-state index in [-0.39, 0.29) is 0 Å². The molecule has 0 atom stereocenters. The molecule has 1 aliphatic carbocycles. The van der Waals surface area contributed by atoms with E-state index in [1.54, 1.807) is 0 Å². The van der Waals surface area contributed by atoms with Crippen LogP contribution in [-0.4, -0.2) is 14.8 Å². The first-order valence-corrected chi connectivity index (χ1v) is 5.83. The molecule has 1 heterocycles. The minimum Gasteiger partial charge on any atom is -0.318 e. The maximum Gasteiger partial charge on any atom is 0.136 e. The van der Waals surface area contributed by atoms with Crippen molar-refractivity contribution in [2.24, 2.45) is 0 Å². The maximum atomic E-state index is 4.27. The van der Waals surface area contributed by atoms with Crippen molar-refractivity contribution in [1.82, 2.24) is 14.8 Å². The van der Waals surface area contributed by atoms with E-state index in [1.165, 1.54) is 11.1 Å². The summed E-state index contributed by atoms with van der Waals surface area (Å²) in [6, 6.07) is 8.68. The molecular formula is C13H15N3. The van der Waals surface area contributed by atoms with Gasteiger partial charge in [-0.25, -0.2) is 0 Å². The second-order valence-corrected chi connectivity index (χ2v) is 4.35. The van der Waals surface area contributed by atoms with Gasteiger partial charge in [-0.05, 0) is 30.9 Å². The van der Waals surface area contributed by atoms with Gasteiger partial charge in [-0.15, -0.1) is 10.2 Å². The summed E-state index contributed by atoms with van der Waals surface area (Å²) in [5, 5.41) is 8.28. The first-order valence-electron chi connectivity index (χ1n) is 5.83. The van der Waals surface area contributed by atoms with Crippen LogP contribution in [0.2, 0.25) is 0 Å². The lowest BCUT2D eigenvalue weighted by Crippen LogP contribution is -2.08.